The maximum atomic E-state index is 11.8. The molecule has 2 rings (SSSR count). The number of methoxy groups -OCH3 is 1. The van der Waals surface area contributed by atoms with E-state index in [9.17, 15) is 9.90 Å². The Bertz CT molecular complexity index is 532. The van der Waals surface area contributed by atoms with E-state index in [0.717, 1.165) is 11.1 Å². The summed E-state index contributed by atoms with van der Waals surface area (Å²) in [4.78, 5) is 11.8. The molecule has 0 saturated carbocycles. The SMILES string of the molecule is COC(=O)C1=C(C(C)C)c2ccc(Cl)cc2C1O. The fraction of sp³-hybridized carbons (Fsp3) is 0.357. The smallest absolute Gasteiger partial charge is 0.337 e. The fourth-order valence-corrected chi connectivity index (χ4v) is 2.59. The van der Waals surface area contributed by atoms with Crippen molar-refractivity contribution in [2.75, 3.05) is 7.11 Å². The molecular formula is C14H15ClO3. The molecule has 0 aromatic heterocycles. The minimum Gasteiger partial charge on any atom is -0.466 e. The molecule has 0 aliphatic heterocycles. The van der Waals surface area contributed by atoms with Crippen LogP contribution in [-0.2, 0) is 9.53 Å². The summed E-state index contributed by atoms with van der Waals surface area (Å²) in [6.45, 7) is 3.96. The van der Waals surface area contributed by atoms with E-state index in [1.54, 1.807) is 12.1 Å². The van der Waals surface area contributed by atoms with Crippen LogP contribution < -0.4 is 0 Å². The van der Waals surface area contributed by atoms with E-state index in [1.165, 1.54) is 7.11 Å². The molecule has 1 aromatic rings. The van der Waals surface area contributed by atoms with E-state index < -0.39 is 12.1 Å². The summed E-state index contributed by atoms with van der Waals surface area (Å²) in [5.74, 6) is -0.366. The third-order valence-electron chi connectivity index (χ3n) is 3.14. The van der Waals surface area contributed by atoms with Crippen LogP contribution in [0.4, 0.5) is 0 Å². The highest BCUT2D eigenvalue weighted by Gasteiger charge is 2.35. The number of carbonyl (C=O) groups excluding carboxylic acids is 1. The number of benzene rings is 1. The normalized spacial score (nSPS) is 18.2. The monoisotopic (exact) mass is 266 g/mol. The largest absolute Gasteiger partial charge is 0.466 e. The number of esters is 1. The van der Waals surface area contributed by atoms with Crippen LogP contribution in [0.3, 0.4) is 0 Å². The van der Waals surface area contributed by atoms with E-state index in [-0.39, 0.29) is 5.92 Å². The van der Waals surface area contributed by atoms with Crippen molar-refractivity contribution in [2.24, 2.45) is 5.92 Å². The predicted octanol–water partition coefficient (Wildman–Crippen LogP) is 2.97. The Morgan fingerprint density at radius 3 is 2.67 bits per heavy atom. The first kappa shape index (κ1) is 13.1. The van der Waals surface area contributed by atoms with Crippen molar-refractivity contribution in [3.63, 3.8) is 0 Å². The Morgan fingerprint density at radius 1 is 1.44 bits per heavy atom. The van der Waals surface area contributed by atoms with Gasteiger partial charge in [0.05, 0.1) is 12.7 Å². The van der Waals surface area contributed by atoms with Crippen LogP contribution in [0.1, 0.15) is 31.1 Å². The first-order valence-electron chi connectivity index (χ1n) is 5.77. The maximum Gasteiger partial charge on any atom is 0.337 e. The van der Waals surface area contributed by atoms with Crippen molar-refractivity contribution < 1.29 is 14.6 Å². The maximum absolute atomic E-state index is 11.8. The highest BCUT2D eigenvalue weighted by atomic mass is 35.5. The van der Waals surface area contributed by atoms with E-state index >= 15 is 0 Å². The molecule has 1 unspecified atom stereocenters. The summed E-state index contributed by atoms with van der Waals surface area (Å²) >= 11 is 5.93. The number of allylic oxidation sites excluding steroid dienone is 1. The number of hydrogen-bond donors (Lipinski definition) is 1. The molecule has 0 amide bonds. The van der Waals surface area contributed by atoms with Gasteiger partial charge in [0, 0.05) is 5.02 Å². The molecule has 4 heteroatoms. The molecule has 0 spiro atoms. The lowest BCUT2D eigenvalue weighted by molar-refractivity contribution is -0.137. The highest BCUT2D eigenvalue weighted by Crippen LogP contribution is 2.44. The molecule has 0 heterocycles. The summed E-state index contributed by atoms with van der Waals surface area (Å²) < 4.78 is 4.76. The first-order chi connectivity index (χ1) is 8.47. The standard InChI is InChI=1S/C14H15ClO3/c1-7(2)11-9-5-4-8(15)6-10(9)13(16)12(11)14(17)18-3/h4-7,13,16H,1-3H3. The summed E-state index contributed by atoms with van der Waals surface area (Å²) in [5.41, 5.74) is 2.71. The number of aliphatic hydroxyl groups excluding tert-OH is 1. The van der Waals surface area contributed by atoms with Gasteiger partial charge in [-0.1, -0.05) is 31.5 Å². The van der Waals surface area contributed by atoms with Gasteiger partial charge in [0.2, 0.25) is 0 Å². The van der Waals surface area contributed by atoms with Gasteiger partial charge in [-0.25, -0.2) is 4.79 Å². The van der Waals surface area contributed by atoms with Gasteiger partial charge >= 0.3 is 5.97 Å². The van der Waals surface area contributed by atoms with Crippen LogP contribution in [-0.4, -0.2) is 18.2 Å². The molecule has 3 nitrogen and oxygen atoms in total. The molecule has 1 aromatic carbocycles. The van der Waals surface area contributed by atoms with Crippen LogP contribution in [0.15, 0.2) is 23.8 Å². The predicted molar refractivity (Wildman–Crippen MR) is 70.2 cm³/mol. The van der Waals surface area contributed by atoms with Crippen molar-refractivity contribution in [3.8, 4) is 0 Å². The van der Waals surface area contributed by atoms with Crippen molar-refractivity contribution in [1.29, 1.82) is 0 Å². The summed E-state index contributed by atoms with van der Waals surface area (Å²) in [6, 6.07) is 5.29. The number of rotatable bonds is 2. The third-order valence-corrected chi connectivity index (χ3v) is 3.38. The van der Waals surface area contributed by atoms with Gasteiger partial charge in [-0.3, -0.25) is 0 Å². The van der Waals surface area contributed by atoms with Crippen molar-refractivity contribution in [2.45, 2.75) is 20.0 Å². The quantitative estimate of drug-likeness (QED) is 0.837. The highest BCUT2D eigenvalue weighted by molar-refractivity contribution is 6.30. The van der Waals surface area contributed by atoms with Gasteiger partial charge in [-0.15, -0.1) is 0 Å². The van der Waals surface area contributed by atoms with E-state index in [4.69, 9.17) is 16.3 Å². The number of aliphatic hydroxyl groups is 1. The average Bonchev–Trinajstić information content (AvgIpc) is 2.62. The molecule has 96 valence electrons. The minimum absolute atomic E-state index is 0.121. The number of ether oxygens (including phenoxy) is 1. The topological polar surface area (TPSA) is 46.5 Å². The molecule has 0 radical (unpaired) electrons. The molecule has 0 fully saturated rings. The van der Waals surface area contributed by atoms with Gasteiger partial charge in [0.15, 0.2) is 0 Å². The minimum atomic E-state index is -0.955. The van der Waals surface area contributed by atoms with Crippen molar-refractivity contribution >= 4 is 23.1 Å². The van der Waals surface area contributed by atoms with Crippen molar-refractivity contribution in [3.05, 3.63) is 39.9 Å². The summed E-state index contributed by atoms with van der Waals surface area (Å²) in [5, 5.41) is 10.8. The molecule has 0 bridgehead atoms. The number of hydrogen-bond acceptors (Lipinski definition) is 3. The Labute approximate surface area is 111 Å². The van der Waals surface area contributed by atoms with Crippen LogP contribution >= 0.6 is 11.6 Å². The zero-order chi connectivity index (χ0) is 13.4. The summed E-state index contributed by atoms with van der Waals surface area (Å²) in [7, 11) is 1.32. The summed E-state index contributed by atoms with van der Waals surface area (Å²) in [6.07, 6.45) is -0.955. The number of halogens is 1. The van der Waals surface area contributed by atoms with Gasteiger partial charge < -0.3 is 9.84 Å². The molecule has 18 heavy (non-hydrogen) atoms. The Morgan fingerprint density at radius 2 is 2.11 bits per heavy atom. The van der Waals surface area contributed by atoms with E-state index in [2.05, 4.69) is 0 Å². The lowest BCUT2D eigenvalue weighted by Crippen LogP contribution is -2.11. The van der Waals surface area contributed by atoms with E-state index in [1.807, 2.05) is 19.9 Å². The molecular weight excluding hydrogens is 252 g/mol. The zero-order valence-corrected chi connectivity index (χ0v) is 11.3. The first-order valence-corrected chi connectivity index (χ1v) is 6.15. The van der Waals surface area contributed by atoms with E-state index in [0.29, 0.717) is 16.2 Å². The molecule has 1 atom stereocenters. The average molecular weight is 267 g/mol. The lowest BCUT2D eigenvalue weighted by atomic mass is 9.95. The van der Waals surface area contributed by atoms with Crippen LogP contribution in [0, 0.1) is 5.92 Å². The van der Waals surface area contributed by atoms with Crippen molar-refractivity contribution in [1.82, 2.24) is 0 Å². The van der Waals surface area contributed by atoms with Crippen LogP contribution in [0.5, 0.6) is 0 Å². The molecule has 1 aliphatic carbocycles. The molecule has 1 N–H and O–H groups in total. The van der Waals surface area contributed by atoms with Gasteiger partial charge in [-0.2, -0.15) is 0 Å². The van der Waals surface area contributed by atoms with Gasteiger partial charge in [0.25, 0.3) is 0 Å². The van der Waals surface area contributed by atoms with Gasteiger partial charge in [-0.05, 0) is 34.8 Å². The second kappa shape index (κ2) is 4.75. The Hall–Kier alpha value is -1.32. The second-order valence-corrected chi connectivity index (χ2v) is 5.04. The molecule has 1 aliphatic rings. The second-order valence-electron chi connectivity index (χ2n) is 4.61. The lowest BCUT2D eigenvalue weighted by Gasteiger charge is -2.11. The Balaban J connectivity index is 2.64. The van der Waals surface area contributed by atoms with Gasteiger partial charge in [0.1, 0.15) is 6.10 Å². The zero-order valence-electron chi connectivity index (χ0n) is 10.5. The Kier molecular flexibility index (Phi) is 3.46. The fourth-order valence-electron chi connectivity index (χ4n) is 2.41. The third kappa shape index (κ3) is 1.93. The number of fused-ring (bicyclic) bond motifs is 1. The van der Waals surface area contributed by atoms with Crippen LogP contribution in [0.25, 0.3) is 5.57 Å². The molecule has 0 saturated heterocycles. The van der Waals surface area contributed by atoms with Crippen LogP contribution in [0.2, 0.25) is 5.02 Å². The number of carbonyl (C=O) groups is 1.